The van der Waals surface area contributed by atoms with Gasteiger partial charge in [0.15, 0.2) is 11.6 Å². The summed E-state index contributed by atoms with van der Waals surface area (Å²) in [6.45, 7) is 1.61. The van der Waals surface area contributed by atoms with Crippen molar-refractivity contribution in [1.82, 2.24) is 5.32 Å². The van der Waals surface area contributed by atoms with Gasteiger partial charge in [-0.2, -0.15) is 0 Å². The number of nitrogens with one attached hydrogen (secondary N) is 1. The van der Waals surface area contributed by atoms with Crippen LogP contribution in [0.15, 0.2) is 18.2 Å². The molecule has 0 aliphatic rings. The number of amides is 1. The molecule has 0 aliphatic carbocycles. The van der Waals surface area contributed by atoms with Crippen molar-refractivity contribution < 1.29 is 14.3 Å². The molecule has 0 unspecified atom stereocenters. The van der Waals surface area contributed by atoms with Gasteiger partial charge in [-0.1, -0.05) is 11.8 Å². The molecule has 0 aliphatic heterocycles. The lowest BCUT2D eigenvalue weighted by Crippen LogP contribution is -2.19. The Morgan fingerprint density at radius 3 is 2.93 bits per heavy atom. The Kier molecular flexibility index (Phi) is 3.69. The van der Waals surface area contributed by atoms with E-state index in [4.69, 9.17) is 5.11 Å². The van der Waals surface area contributed by atoms with E-state index in [1.807, 2.05) is 0 Å². The lowest BCUT2D eigenvalue weighted by Gasteiger charge is -1.95. The van der Waals surface area contributed by atoms with Gasteiger partial charge < -0.3 is 10.4 Å². The lowest BCUT2D eigenvalue weighted by molar-refractivity contribution is -0.118. The van der Waals surface area contributed by atoms with E-state index >= 15 is 0 Å². The Morgan fingerprint density at radius 1 is 1.60 bits per heavy atom. The van der Waals surface area contributed by atoms with Crippen LogP contribution in [0.4, 0.5) is 4.39 Å². The fourth-order valence-electron chi connectivity index (χ4n) is 0.900. The van der Waals surface area contributed by atoms with Crippen molar-refractivity contribution in [2.45, 2.75) is 6.92 Å². The van der Waals surface area contributed by atoms with E-state index in [-0.39, 0.29) is 12.5 Å². The van der Waals surface area contributed by atoms with Gasteiger partial charge in [-0.15, -0.1) is 0 Å². The van der Waals surface area contributed by atoms with Crippen molar-refractivity contribution in [2.75, 3.05) is 6.54 Å². The van der Waals surface area contributed by atoms with Crippen LogP contribution in [0.5, 0.6) is 5.75 Å². The first-order chi connectivity index (χ1) is 7.09. The average Bonchev–Trinajstić information content (AvgIpc) is 2.18. The Labute approximate surface area is 86.9 Å². The summed E-state index contributed by atoms with van der Waals surface area (Å²) < 4.78 is 12.8. The molecule has 0 heterocycles. The summed E-state index contributed by atoms with van der Waals surface area (Å²) in [7, 11) is 0. The zero-order valence-corrected chi connectivity index (χ0v) is 8.17. The summed E-state index contributed by atoms with van der Waals surface area (Å²) in [6, 6.07) is 3.87. The van der Waals surface area contributed by atoms with Crippen LogP contribution in [-0.4, -0.2) is 17.6 Å². The van der Waals surface area contributed by atoms with Crippen molar-refractivity contribution in [3.8, 4) is 17.6 Å². The summed E-state index contributed by atoms with van der Waals surface area (Å²) in [5.41, 5.74) is 0.454. The van der Waals surface area contributed by atoms with E-state index in [9.17, 15) is 9.18 Å². The van der Waals surface area contributed by atoms with Gasteiger partial charge in [0.05, 0.1) is 6.54 Å². The van der Waals surface area contributed by atoms with E-state index < -0.39 is 11.6 Å². The van der Waals surface area contributed by atoms with Crippen LogP contribution in [0, 0.1) is 17.7 Å². The van der Waals surface area contributed by atoms with Gasteiger partial charge in [0.25, 0.3) is 0 Å². The van der Waals surface area contributed by atoms with Crippen molar-refractivity contribution in [2.24, 2.45) is 0 Å². The number of carbonyl (C=O) groups is 1. The first kappa shape index (κ1) is 11.1. The molecule has 1 aromatic rings. The second kappa shape index (κ2) is 5.01. The highest BCUT2D eigenvalue weighted by Crippen LogP contribution is 2.15. The Balaban J connectivity index is 2.64. The minimum atomic E-state index is -0.707. The van der Waals surface area contributed by atoms with Crippen molar-refractivity contribution in [3.05, 3.63) is 29.6 Å². The van der Waals surface area contributed by atoms with E-state index in [0.29, 0.717) is 5.56 Å². The summed E-state index contributed by atoms with van der Waals surface area (Å²) >= 11 is 0. The third kappa shape index (κ3) is 3.69. The quantitative estimate of drug-likeness (QED) is 0.675. The van der Waals surface area contributed by atoms with Gasteiger partial charge in [-0.25, -0.2) is 4.39 Å². The summed E-state index contributed by atoms with van der Waals surface area (Å²) in [4.78, 5) is 10.5. The summed E-state index contributed by atoms with van der Waals surface area (Å²) in [5.74, 6) is 4.03. The predicted octanol–water partition coefficient (Wildman–Crippen LogP) is 1.02. The third-order valence-corrected chi connectivity index (χ3v) is 1.61. The van der Waals surface area contributed by atoms with E-state index in [1.54, 1.807) is 0 Å². The average molecular weight is 207 g/mol. The molecule has 0 spiro atoms. The van der Waals surface area contributed by atoms with Crippen LogP contribution in [0.25, 0.3) is 0 Å². The van der Waals surface area contributed by atoms with Crippen LogP contribution in [0.2, 0.25) is 0 Å². The number of aromatic hydroxyl groups is 1. The second-order valence-corrected chi connectivity index (χ2v) is 2.88. The normalized spacial score (nSPS) is 8.93. The molecule has 0 atom stereocenters. The molecule has 1 rings (SSSR count). The molecule has 0 fully saturated rings. The number of halogens is 1. The number of hydrogen-bond acceptors (Lipinski definition) is 2. The van der Waals surface area contributed by atoms with Gasteiger partial charge in [-0.3, -0.25) is 4.79 Å². The SMILES string of the molecule is CC(=O)NCC#Cc1ccc(O)c(F)c1. The Bertz CT molecular complexity index is 432. The highest BCUT2D eigenvalue weighted by molar-refractivity contribution is 5.73. The van der Waals surface area contributed by atoms with Crippen LogP contribution >= 0.6 is 0 Å². The fraction of sp³-hybridized carbons (Fsp3) is 0.182. The van der Waals surface area contributed by atoms with Crippen LogP contribution in [-0.2, 0) is 4.79 Å². The maximum Gasteiger partial charge on any atom is 0.217 e. The summed E-state index contributed by atoms with van der Waals surface area (Å²) in [6.07, 6.45) is 0. The van der Waals surface area contributed by atoms with Crippen molar-refractivity contribution >= 4 is 5.91 Å². The molecule has 1 aromatic carbocycles. The highest BCUT2D eigenvalue weighted by Gasteiger charge is 1.98. The van der Waals surface area contributed by atoms with Crippen molar-refractivity contribution in [3.63, 3.8) is 0 Å². The minimum absolute atomic E-state index is 0.166. The molecule has 3 nitrogen and oxygen atoms in total. The van der Waals surface area contributed by atoms with Crippen molar-refractivity contribution in [1.29, 1.82) is 0 Å². The monoisotopic (exact) mass is 207 g/mol. The molecule has 78 valence electrons. The molecule has 0 bridgehead atoms. The second-order valence-electron chi connectivity index (χ2n) is 2.88. The zero-order chi connectivity index (χ0) is 11.3. The van der Waals surface area contributed by atoms with Gasteiger partial charge in [0.1, 0.15) is 0 Å². The minimum Gasteiger partial charge on any atom is -0.505 e. The molecule has 15 heavy (non-hydrogen) atoms. The number of hydrogen-bond donors (Lipinski definition) is 2. The molecule has 2 N–H and O–H groups in total. The standard InChI is InChI=1S/C11H10FNO2/c1-8(14)13-6-2-3-9-4-5-11(15)10(12)7-9/h4-5,7,15H,6H2,1H3,(H,13,14). The maximum absolute atomic E-state index is 12.8. The van der Waals surface area contributed by atoms with Gasteiger partial charge in [0, 0.05) is 12.5 Å². The maximum atomic E-state index is 12.8. The summed E-state index contributed by atoms with van der Waals surface area (Å²) in [5, 5.41) is 11.4. The molecule has 4 heteroatoms. The molecule has 1 amide bonds. The number of rotatable bonds is 1. The first-order valence-corrected chi connectivity index (χ1v) is 4.31. The topological polar surface area (TPSA) is 49.3 Å². The number of phenolic OH excluding ortho intramolecular Hbond substituents is 1. The van der Waals surface area contributed by atoms with E-state index in [2.05, 4.69) is 17.2 Å². The number of phenols is 1. The largest absolute Gasteiger partial charge is 0.505 e. The molecule has 0 saturated carbocycles. The first-order valence-electron chi connectivity index (χ1n) is 4.31. The Hall–Kier alpha value is -2.02. The number of carbonyl (C=O) groups excluding carboxylic acids is 1. The zero-order valence-electron chi connectivity index (χ0n) is 8.17. The molecule has 0 radical (unpaired) electrons. The van der Waals surface area contributed by atoms with Gasteiger partial charge >= 0.3 is 0 Å². The smallest absolute Gasteiger partial charge is 0.217 e. The van der Waals surface area contributed by atoms with Crippen LogP contribution < -0.4 is 5.32 Å². The Morgan fingerprint density at radius 2 is 2.33 bits per heavy atom. The number of benzene rings is 1. The molecule has 0 saturated heterocycles. The van der Waals surface area contributed by atoms with Crippen LogP contribution in [0.1, 0.15) is 12.5 Å². The van der Waals surface area contributed by atoms with Crippen LogP contribution in [0.3, 0.4) is 0 Å². The predicted molar refractivity (Wildman–Crippen MR) is 53.6 cm³/mol. The van der Waals surface area contributed by atoms with E-state index in [1.165, 1.54) is 19.1 Å². The third-order valence-electron chi connectivity index (χ3n) is 1.61. The molecular formula is C11H10FNO2. The molecular weight excluding hydrogens is 197 g/mol. The van der Waals surface area contributed by atoms with Gasteiger partial charge in [0.2, 0.25) is 5.91 Å². The highest BCUT2D eigenvalue weighted by atomic mass is 19.1. The van der Waals surface area contributed by atoms with E-state index in [0.717, 1.165) is 6.07 Å². The fourth-order valence-corrected chi connectivity index (χ4v) is 0.900. The molecule has 0 aromatic heterocycles. The lowest BCUT2D eigenvalue weighted by atomic mass is 10.2. The van der Waals surface area contributed by atoms with Gasteiger partial charge in [-0.05, 0) is 18.2 Å².